The van der Waals surface area contributed by atoms with Gasteiger partial charge in [-0.05, 0) is 79.6 Å². The molecule has 0 heterocycles. The van der Waals surface area contributed by atoms with Crippen molar-refractivity contribution in [1.29, 1.82) is 0 Å². The lowest BCUT2D eigenvalue weighted by atomic mass is 10.1. The first-order valence-corrected chi connectivity index (χ1v) is 13.3. The summed E-state index contributed by atoms with van der Waals surface area (Å²) in [5.41, 5.74) is 0.809. The number of carbonyl (C=O) groups is 2. The second-order valence-electron chi connectivity index (χ2n) is 8.44. The summed E-state index contributed by atoms with van der Waals surface area (Å²) in [6, 6.07) is 19.8. The molecule has 8 nitrogen and oxygen atoms in total. The molecule has 0 bridgehead atoms. The van der Waals surface area contributed by atoms with Crippen LogP contribution in [0.3, 0.4) is 0 Å². The highest BCUT2D eigenvalue weighted by molar-refractivity contribution is 9.10. The van der Waals surface area contributed by atoms with Crippen molar-refractivity contribution in [3.05, 3.63) is 88.6 Å². The first kappa shape index (κ1) is 29.9. The van der Waals surface area contributed by atoms with Crippen LogP contribution in [0.4, 0.5) is 9.18 Å². The Labute approximate surface area is 235 Å². The normalized spacial score (nSPS) is 11.5. The fourth-order valence-electron chi connectivity index (χ4n) is 3.57. The third-order valence-corrected chi connectivity index (χ3v) is 6.08. The number of aliphatic carboxylic acids is 1. The van der Waals surface area contributed by atoms with Crippen LogP contribution in [0.2, 0.25) is 0 Å². The van der Waals surface area contributed by atoms with E-state index in [-0.39, 0.29) is 25.4 Å². The van der Waals surface area contributed by atoms with Gasteiger partial charge in [0.15, 0.2) is 6.10 Å². The van der Waals surface area contributed by atoms with E-state index < -0.39 is 18.2 Å². The standard InChI is InChI=1S/C29H31BrFNO7/c1-2-36-27(28(33)34)20-21-4-10-24(11-5-21)38-19-17-32(29(35)39-26-12-6-22(30)7-13-26)16-3-18-37-25-14-8-23(31)9-15-25/h4-15,27H,2-3,16-20H2,1H3,(H,33,34). The van der Waals surface area contributed by atoms with Crippen LogP contribution in [-0.2, 0) is 16.0 Å². The third-order valence-electron chi connectivity index (χ3n) is 5.55. The largest absolute Gasteiger partial charge is 0.494 e. The SMILES string of the molecule is CCOC(Cc1ccc(OCCN(CCCOc2ccc(F)cc2)C(=O)Oc2ccc(Br)cc2)cc1)C(=O)O. The number of amides is 1. The number of rotatable bonds is 15. The van der Waals surface area contributed by atoms with E-state index in [0.29, 0.717) is 43.4 Å². The Hall–Kier alpha value is -3.63. The molecule has 0 aliphatic carbocycles. The highest BCUT2D eigenvalue weighted by Gasteiger charge is 2.18. The van der Waals surface area contributed by atoms with Gasteiger partial charge in [0.1, 0.15) is 29.7 Å². The summed E-state index contributed by atoms with van der Waals surface area (Å²) in [4.78, 5) is 25.7. The molecule has 0 saturated carbocycles. The molecular formula is C29H31BrFNO7. The molecule has 0 aliphatic rings. The maximum atomic E-state index is 13.1. The summed E-state index contributed by atoms with van der Waals surface area (Å²) >= 11 is 3.36. The van der Waals surface area contributed by atoms with E-state index in [0.717, 1.165) is 10.0 Å². The smallest absolute Gasteiger partial charge is 0.415 e. The second-order valence-corrected chi connectivity index (χ2v) is 9.36. The fraction of sp³-hybridized carbons (Fsp3) is 0.310. The molecule has 208 valence electrons. The highest BCUT2D eigenvalue weighted by Crippen LogP contribution is 2.18. The number of carboxylic acid groups (broad SMARTS) is 1. The molecule has 10 heteroatoms. The van der Waals surface area contributed by atoms with E-state index in [1.807, 2.05) is 0 Å². The molecule has 0 radical (unpaired) electrons. The van der Waals surface area contributed by atoms with Crippen LogP contribution in [0.1, 0.15) is 18.9 Å². The van der Waals surface area contributed by atoms with E-state index >= 15 is 0 Å². The van der Waals surface area contributed by atoms with Crippen molar-refractivity contribution in [2.24, 2.45) is 0 Å². The van der Waals surface area contributed by atoms with Gasteiger partial charge in [0.25, 0.3) is 0 Å². The van der Waals surface area contributed by atoms with Crippen LogP contribution in [0.15, 0.2) is 77.3 Å². The van der Waals surface area contributed by atoms with Crippen molar-refractivity contribution in [3.63, 3.8) is 0 Å². The molecule has 3 aromatic carbocycles. The van der Waals surface area contributed by atoms with E-state index in [4.69, 9.17) is 18.9 Å². The topological polar surface area (TPSA) is 94.5 Å². The van der Waals surface area contributed by atoms with Crippen LogP contribution in [-0.4, -0.2) is 61.1 Å². The minimum absolute atomic E-state index is 0.213. The van der Waals surface area contributed by atoms with E-state index in [9.17, 15) is 19.1 Å². The lowest BCUT2D eigenvalue weighted by molar-refractivity contribution is -0.149. The predicted molar refractivity (Wildman–Crippen MR) is 147 cm³/mol. The lowest BCUT2D eigenvalue weighted by Crippen LogP contribution is -2.38. The Morgan fingerprint density at radius 2 is 1.46 bits per heavy atom. The number of ether oxygens (including phenoxy) is 4. The maximum absolute atomic E-state index is 13.1. The van der Waals surface area contributed by atoms with Crippen molar-refractivity contribution in [2.75, 3.05) is 32.9 Å². The van der Waals surface area contributed by atoms with Crippen LogP contribution in [0.25, 0.3) is 0 Å². The number of hydrogen-bond donors (Lipinski definition) is 1. The molecule has 0 aromatic heterocycles. The van der Waals surface area contributed by atoms with Crippen LogP contribution in [0, 0.1) is 5.82 Å². The molecular weight excluding hydrogens is 573 g/mol. The molecule has 0 fully saturated rings. The Morgan fingerprint density at radius 1 is 0.872 bits per heavy atom. The summed E-state index contributed by atoms with van der Waals surface area (Å²) in [6.45, 7) is 3.23. The quantitative estimate of drug-likeness (QED) is 0.214. The van der Waals surface area contributed by atoms with Crippen LogP contribution in [0.5, 0.6) is 17.2 Å². The molecule has 39 heavy (non-hydrogen) atoms. The van der Waals surface area contributed by atoms with Crippen molar-refractivity contribution in [3.8, 4) is 17.2 Å². The van der Waals surface area contributed by atoms with Crippen molar-refractivity contribution >= 4 is 28.0 Å². The zero-order chi connectivity index (χ0) is 28.0. The number of nitrogens with zero attached hydrogens (tertiary/aromatic N) is 1. The van der Waals surface area contributed by atoms with Gasteiger partial charge < -0.3 is 29.0 Å². The van der Waals surface area contributed by atoms with Gasteiger partial charge in [0, 0.05) is 24.0 Å². The van der Waals surface area contributed by atoms with E-state index in [1.54, 1.807) is 67.6 Å². The van der Waals surface area contributed by atoms with Crippen molar-refractivity contribution in [1.82, 2.24) is 4.90 Å². The van der Waals surface area contributed by atoms with E-state index in [1.165, 1.54) is 17.0 Å². The number of halogens is 2. The fourth-order valence-corrected chi connectivity index (χ4v) is 3.83. The average Bonchev–Trinajstić information content (AvgIpc) is 2.92. The number of carbonyl (C=O) groups excluding carboxylic acids is 1. The van der Waals surface area contributed by atoms with Crippen molar-refractivity contribution in [2.45, 2.75) is 25.9 Å². The van der Waals surface area contributed by atoms with Crippen molar-refractivity contribution < 1.29 is 38.0 Å². The summed E-state index contributed by atoms with van der Waals surface area (Å²) in [7, 11) is 0. The Balaban J connectivity index is 1.53. The maximum Gasteiger partial charge on any atom is 0.415 e. The molecule has 0 aliphatic heterocycles. The van der Waals surface area contributed by atoms with Gasteiger partial charge in [-0.25, -0.2) is 14.0 Å². The molecule has 1 unspecified atom stereocenters. The number of carboxylic acids is 1. The molecule has 3 aromatic rings. The summed E-state index contributed by atoms with van der Waals surface area (Å²) in [6.07, 6.45) is -0.654. The average molecular weight is 604 g/mol. The van der Waals surface area contributed by atoms with Crippen LogP contribution < -0.4 is 14.2 Å². The molecule has 0 saturated heterocycles. The lowest BCUT2D eigenvalue weighted by Gasteiger charge is -2.22. The Morgan fingerprint density at radius 3 is 2.08 bits per heavy atom. The summed E-state index contributed by atoms with van der Waals surface area (Å²) < 4.78 is 36.2. The summed E-state index contributed by atoms with van der Waals surface area (Å²) in [5, 5.41) is 9.27. The number of hydrogen-bond acceptors (Lipinski definition) is 6. The van der Waals surface area contributed by atoms with Crippen LogP contribution >= 0.6 is 15.9 Å². The Kier molecular flexibility index (Phi) is 12.0. The molecule has 1 N–H and O–H groups in total. The monoisotopic (exact) mass is 603 g/mol. The molecule has 3 rings (SSSR count). The van der Waals surface area contributed by atoms with Gasteiger partial charge in [-0.15, -0.1) is 0 Å². The van der Waals surface area contributed by atoms with Gasteiger partial charge in [0.2, 0.25) is 0 Å². The first-order chi connectivity index (χ1) is 18.8. The van der Waals surface area contributed by atoms with Gasteiger partial charge in [0.05, 0.1) is 13.2 Å². The number of benzene rings is 3. The van der Waals surface area contributed by atoms with Gasteiger partial charge >= 0.3 is 12.1 Å². The minimum Gasteiger partial charge on any atom is -0.494 e. The molecule has 1 amide bonds. The zero-order valence-electron chi connectivity index (χ0n) is 21.6. The Bertz CT molecular complexity index is 1170. The minimum atomic E-state index is -1.00. The van der Waals surface area contributed by atoms with E-state index in [2.05, 4.69) is 15.9 Å². The molecule has 0 spiro atoms. The highest BCUT2D eigenvalue weighted by atomic mass is 79.9. The second kappa shape index (κ2) is 15.7. The van der Waals surface area contributed by atoms with Gasteiger partial charge in [-0.2, -0.15) is 0 Å². The third kappa shape index (κ3) is 10.6. The first-order valence-electron chi connectivity index (χ1n) is 12.5. The summed E-state index contributed by atoms with van der Waals surface area (Å²) in [5.74, 6) is 0.203. The zero-order valence-corrected chi connectivity index (χ0v) is 23.1. The predicted octanol–water partition coefficient (Wildman–Crippen LogP) is 5.97. The van der Waals surface area contributed by atoms with Gasteiger partial charge in [-0.1, -0.05) is 28.1 Å². The molecule has 1 atom stereocenters. The van der Waals surface area contributed by atoms with Gasteiger partial charge in [-0.3, -0.25) is 0 Å².